The summed E-state index contributed by atoms with van der Waals surface area (Å²) >= 11 is 1.65. The lowest BCUT2D eigenvalue weighted by molar-refractivity contribution is 0.102. The van der Waals surface area contributed by atoms with E-state index in [0.717, 1.165) is 58.0 Å². The van der Waals surface area contributed by atoms with Gasteiger partial charge in [0.25, 0.3) is 5.91 Å². The molecular formula is C31H30N2O2S. The van der Waals surface area contributed by atoms with Gasteiger partial charge in [0.1, 0.15) is 17.4 Å². The Morgan fingerprint density at radius 1 is 1.06 bits per heavy atom. The van der Waals surface area contributed by atoms with E-state index in [4.69, 9.17) is 9.73 Å². The predicted molar refractivity (Wildman–Crippen MR) is 149 cm³/mol. The van der Waals surface area contributed by atoms with Crippen LogP contribution in [0.4, 0.5) is 10.7 Å². The molecule has 0 fully saturated rings. The summed E-state index contributed by atoms with van der Waals surface area (Å²) in [6.07, 6.45) is 4.87. The van der Waals surface area contributed by atoms with Gasteiger partial charge in [-0.1, -0.05) is 55.5 Å². The summed E-state index contributed by atoms with van der Waals surface area (Å²) in [7, 11) is 0. The highest BCUT2D eigenvalue weighted by atomic mass is 32.1. The molecule has 0 spiro atoms. The summed E-state index contributed by atoms with van der Waals surface area (Å²) in [4.78, 5) is 19.6. The third kappa shape index (κ3) is 5.58. The molecule has 4 aromatic rings. The van der Waals surface area contributed by atoms with Crippen LogP contribution < -0.4 is 10.1 Å². The van der Waals surface area contributed by atoms with Crippen molar-refractivity contribution in [2.75, 3.05) is 5.32 Å². The molecule has 1 atom stereocenters. The number of carbonyl (C=O) groups is 1. The van der Waals surface area contributed by atoms with Crippen LogP contribution in [0.25, 0.3) is 0 Å². The number of aryl methyl sites for hydroxylation is 1. The van der Waals surface area contributed by atoms with E-state index in [1.807, 2.05) is 79.9 Å². The van der Waals surface area contributed by atoms with Crippen molar-refractivity contribution in [2.24, 2.45) is 10.9 Å². The number of para-hydroxylation sites is 1. The lowest BCUT2D eigenvalue weighted by atomic mass is 9.88. The second kappa shape index (κ2) is 10.9. The minimum Gasteiger partial charge on any atom is -0.489 e. The van der Waals surface area contributed by atoms with Crippen molar-refractivity contribution in [1.82, 2.24) is 0 Å². The quantitative estimate of drug-likeness (QED) is 0.267. The Bertz CT molecular complexity index is 1370. The van der Waals surface area contributed by atoms with Gasteiger partial charge in [-0.2, -0.15) is 0 Å². The largest absolute Gasteiger partial charge is 0.489 e. The fraction of sp³-hybridized carbons (Fsp3) is 0.226. The molecule has 1 aromatic heterocycles. The molecule has 4 nitrogen and oxygen atoms in total. The van der Waals surface area contributed by atoms with Crippen molar-refractivity contribution in [1.29, 1.82) is 0 Å². The SMILES string of the molecule is Cc1ccccc1NC(=O)c1c(/N=C/c2ccc(OCc3ccccc3)cc2)sc2c1CCC(C)C2. The minimum absolute atomic E-state index is 0.0758. The number of benzene rings is 3. The third-order valence-corrected chi connectivity index (χ3v) is 7.74. The van der Waals surface area contributed by atoms with E-state index in [9.17, 15) is 4.79 Å². The molecule has 3 aromatic carbocycles. The lowest BCUT2D eigenvalue weighted by Crippen LogP contribution is -2.17. The number of amides is 1. The van der Waals surface area contributed by atoms with E-state index in [1.54, 1.807) is 11.3 Å². The van der Waals surface area contributed by atoms with Crippen molar-refractivity contribution < 1.29 is 9.53 Å². The predicted octanol–water partition coefficient (Wildman–Crippen LogP) is 7.76. The van der Waals surface area contributed by atoms with Gasteiger partial charge in [0.15, 0.2) is 0 Å². The normalized spacial score (nSPS) is 15.0. The zero-order chi connectivity index (χ0) is 24.9. The van der Waals surface area contributed by atoms with Crippen molar-refractivity contribution in [3.8, 4) is 5.75 Å². The van der Waals surface area contributed by atoms with Crippen LogP contribution in [0.3, 0.4) is 0 Å². The van der Waals surface area contributed by atoms with Crippen LogP contribution in [0.1, 0.15) is 50.8 Å². The first-order chi connectivity index (χ1) is 17.6. The Balaban J connectivity index is 1.35. The zero-order valence-electron chi connectivity index (χ0n) is 20.7. The molecule has 0 aliphatic heterocycles. The van der Waals surface area contributed by atoms with Gasteiger partial charge >= 0.3 is 0 Å². The summed E-state index contributed by atoms with van der Waals surface area (Å²) in [6.45, 7) is 4.82. The van der Waals surface area contributed by atoms with Crippen LogP contribution in [0.5, 0.6) is 5.75 Å². The van der Waals surface area contributed by atoms with E-state index in [0.29, 0.717) is 12.5 Å². The average Bonchev–Trinajstić information content (AvgIpc) is 3.26. The molecule has 1 amide bonds. The van der Waals surface area contributed by atoms with E-state index in [-0.39, 0.29) is 5.91 Å². The van der Waals surface area contributed by atoms with Crippen LogP contribution in [-0.4, -0.2) is 12.1 Å². The van der Waals surface area contributed by atoms with Crippen molar-refractivity contribution >= 4 is 34.1 Å². The third-order valence-electron chi connectivity index (χ3n) is 6.57. The molecule has 0 radical (unpaired) electrons. The maximum absolute atomic E-state index is 13.5. The Morgan fingerprint density at radius 3 is 2.58 bits per heavy atom. The first-order valence-corrected chi connectivity index (χ1v) is 13.2. The molecule has 1 N–H and O–H groups in total. The van der Waals surface area contributed by atoms with E-state index >= 15 is 0 Å². The summed E-state index contributed by atoms with van der Waals surface area (Å²) in [6, 6.07) is 25.9. The molecule has 182 valence electrons. The van der Waals surface area contributed by atoms with E-state index in [1.165, 1.54) is 10.4 Å². The highest BCUT2D eigenvalue weighted by Crippen LogP contribution is 2.41. The Hall–Kier alpha value is -3.70. The minimum atomic E-state index is -0.0758. The van der Waals surface area contributed by atoms with Gasteiger partial charge in [0.05, 0.1) is 5.56 Å². The van der Waals surface area contributed by atoms with E-state index in [2.05, 4.69) is 24.4 Å². The van der Waals surface area contributed by atoms with Gasteiger partial charge < -0.3 is 10.1 Å². The summed E-state index contributed by atoms with van der Waals surface area (Å²) in [5.41, 5.74) is 5.88. The molecule has 1 unspecified atom stereocenters. The Morgan fingerprint density at radius 2 is 1.81 bits per heavy atom. The number of thiophene rings is 1. The van der Waals surface area contributed by atoms with E-state index < -0.39 is 0 Å². The highest BCUT2D eigenvalue weighted by molar-refractivity contribution is 7.16. The Labute approximate surface area is 216 Å². The van der Waals surface area contributed by atoms with Gasteiger partial charge in [-0.15, -0.1) is 11.3 Å². The first-order valence-electron chi connectivity index (χ1n) is 12.4. The van der Waals surface area contributed by atoms with Crippen LogP contribution in [0.15, 0.2) is 83.9 Å². The number of ether oxygens (including phenoxy) is 1. The zero-order valence-corrected chi connectivity index (χ0v) is 21.5. The number of fused-ring (bicyclic) bond motifs is 1. The molecule has 0 saturated carbocycles. The van der Waals surface area contributed by atoms with Crippen LogP contribution in [0, 0.1) is 12.8 Å². The van der Waals surface area contributed by atoms with Crippen molar-refractivity contribution in [3.05, 3.63) is 112 Å². The second-order valence-corrected chi connectivity index (χ2v) is 10.5. The number of anilines is 1. The first kappa shape index (κ1) is 24.0. The van der Waals surface area contributed by atoms with Crippen LogP contribution >= 0.6 is 11.3 Å². The molecule has 5 heteroatoms. The number of aliphatic imine (C=N–C) groups is 1. The fourth-order valence-electron chi connectivity index (χ4n) is 4.48. The standard InChI is InChI=1S/C31H30N2O2S/c1-21-12-17-26-28(18-21)36-31(29(26)30(34)33-27-11-7-6-8-22(27)2)32-19-23-13-15-25(16-14-23)35-20-24-9-4-3-5-10-24/h3-11,13-16,19,21H,12,17-18,20H2,1-2H3,(H,33,34)/b32-19+. The summed E-state index contributed by atoms with van der Waals surface area (Å²) < 4.78 is 5.90. The Kier molecular flexibility index (Phi) is 7.28. The molecule has 0 bridgehead atoms. The molecule has 1 aliphatic carbocycles. The highest BCUT2D eigenvalue weighted by Gasteiger charge is 2.27. The topological polar surface area (TPSA) is 50.7 Å². The number of rotatable bonds is 7. The summed E-state index contributed by atoms with van der Waals surface area (Å²) in [5, 5.41) is 3.91. The molecule has 0 saturated heterocycles. The van der Waals surface area contributed by atoms with Gasteiger partial charge in [-0.3, -0.25) is 4.79 Å². The summed E-state index contributed by atoms with van der Waals surface area (Å²) in [5.74, 6) is 1.37. The van der Waals surface area contributed by atoms with Gasteiger partial charge in [-0.25, -0.2) is 4.99 Å². The maximum atomic E-state index is 13.5. The van der Waals surface area contributed by atoms with Gasteiger partial charge in [0.2, 0.25) is 0 Å². The second-order valence-electron chi connectivity index (χ2n) is 9.40. The number of hydrogen-bond donors (Lipinski definition) is 1. The monoisotopic (exact) mass is 494 g/mol. The number of nitrogens with one attached hydrogen (secondary N) is 1. The van der Waals surface area contributed by atoms with Crippen molar-refractivity contribution in [3.63, 3.8) is 0 Å². The molecular weight excluding hydrogens is 464 g/mol. The molecule has 36 heavy (non-hydrogen) atoms. The van der Waals surface area contributed by atoms with Crippen LogP contribution in [-0.2, 0) is 19.4 Å². The van der Waals surface area contributed by atoms with Crippen LogP contribution in [0.2, 0.25) is 0 Å². The number of nitrogens with zero attached hydrogens (tertiary/aromatic N) is 1. The van der Waals surface area contributed by atoms with Gasteiger partial charge in [-0.05, 0) is 84.7 Å². The van der Waals surface area contributed by atoms with Crippen molar-refractivity contribution in [2.45, 2.75) is 39.7 Å². The lowest BCUT2D eigenvalue weighted by Gasteiger charge is -2.18. The smallest absolute Gasteiger partial charge is 0.259 e. The molecule has 1 heterocycles. The van der Waals surface area contributed by atoms with Gasteiger partial charge in [0, 0.05) is 16.8 Å². The number of carbonyl (C=O) groups excluding carboxylic acids is 1. The molecule has 1 aliphatic rings. The number of hydrogen-bond acceptors (Lipinski definition) is 4. The average molecular weight is 495 g/mol. The maximum Gasteiger partial charge on any atom is 0.259 e. The fourth-order valence-corrected chi connectivity index (χ4v) is 5.84. The molecule has 5 rings (SSSR count).